The monoisotopic (exact) mass is 1120 g/mol. The number of imidazole rings is 1. The number of hydrogen-bond donors (Lipinski definition) is 0. The Balaban J connectivity index is 0.000000185. The Morgan fingerprint density at radius 3 is 2.10 bits per heavy atom. The second-order valence-corrected chi connectivity index (χ2v) is 19.6. The van der Waals surface area contributed by atoms with Crippen molar-refractivity contribution in [3.05, 3.63) is 217 Å². The van der Waals surface area contributed by atoms with E-state index in [1.807, 2.05) is 144 Å². The van der Waals surface area contributed by atoms with Gasteiger partial charge in [-0.3, -0.25) is 4.98 Å². The smallest absolute Gasteiger partial charge is 0.121 e. The van der Waals surface area contributed by atoms with E-state index < -0.39 is 30.4 Å². The molecule has 4 aromatic heterocycles. The van der Waals surface area contributed by atoms with Crippen LogP contribution >= 0.6 is 0 Å². The van der Waals surface area contributed by atoms with Crippen LogP contribution in [0.3, 0.4) is 0 Å². The van der Waals surface area contributed by atoms with Gasteiger partial charge in [0.15, 0.2) is 0 Å². The zero-order chi connectivity index (χ0) is 55.1. The van der Waals surface area contributed by atoms with Crippen molar-refractivity contribution in [2.24, 2.45) is 5.41 Å². The molecule has 0 aliphatic heterocycles. The number of pyridine rings is 1. The summed E-state index contributed by atoms with van der Waals surface area (Å²) in [6.45, 7) is 10.9. The molecule has 0 aliphatic rings. The predicted molar refractivity (Wildman–Crippen MR) is 297 cm³/mol. The Hall–Kier alpha value is -7.37. The molecule has 359 valence electrons. The molecule has 12 rings (SSSR count). The van der Waals surface area contributed by atoms with E-state index in [4.69, 9.17) is 24.0 Å². The van der Waals surface area contributed by atoms with Gasteiger partial charge in [-0.2, -0.15) is 0 Å². The predicted octanol–water partition coefficient (Wildman–Crippen LogP) is 17.8. The molecule has 0 unspecified atom stereocenters. The molecule has 6 heteroatoms. The van der Waals surface area contributed by atoms with Gasteiger partial charge < -0.3 is 18.5 Å². The van der Waals surface area contributed by atoms with Crippen LogP contribution in [0.25, 0.3) is 99.9 Å². The van der Waals surface area contributed by atoms with Gasteiger partial charge in [0.2, 0.25) is 0 Å². The minimum absolute atomic E-state index is 0. The number of aromatic nitrogens is 4. The molecule has 0 fully saturated rings. The molecule has 5 nitrogen and oxygen atoms in total. The van der Waals surface area contributed by atoms with Gasteiger partial charge in [0.05, 0.1) is 33.5 Å². The SMILES string of the molecule is [2H]C([2H])([2H])c1c[c-]c(-c2nc3ccccc3n2-c2c(C([2H])(C)C)cccc2C([2H])(C)C)cc1.[2H]C([2H])(c1ccc(-c2ccnc(-c3[c-]ccc4c3oc3ccc5c(c6ccccc6n5-c5ccccc5)c34)c2)cc1)C(C)(C)C.[Ir]. The van der Waals surface area contributed by atoms with Crippen molar-refractivity contribution in [1.29, 1.82) is 0 Å². The minimum Gasteiger partial charge on any atom is -0.501 e. The summed E-state index contributed by atoms with van der Waals surface area (Å²) in [5.41, 5.74) is 13.5. The molecule has 0 amide bonds. The Labute approximate surface area is 446 Å². The van der Waals surface area contributed by atoms with Crippen molar-refractivity contribution in [2.45, 2.75) is 73.5 Å². The summed E-state index contributed by atoms with van der Waals surface area (Å²) in [7, 11) is 0. The molecule has 0 spiro atoms. The van der Waals surface area contributed by atoms with Crippen molar-refractivity contribution < 1.29 is 34.1 Å². The molecule has 1 radical (unpaired) electrons. The molecule has 0 saturated carbocycles. The number of nitrogens with zero attached hydrogens (tertiary/aromatic N) is 4. The summed E-state index contributed by atoms with van der Waals surface area (Å²) in [5, 5.41) is 4.46. The van der Waals surface area contributed by atoms with Crippen LogP contribution in [-0.2, 0) is 26.5 Å². The molecular weight excluding hydrogens is 1060 g/mol. The van der Waals surface area contributed by atoms with Gasteiger partial charge in [0.1, 0.15) is 5.58 Å². The van der Waals surface area contributed by atoms with Crippen molar-refractivity contribution >= 4 is 54.8 Å². The fourth-order valence-electron chi connectivity index (χ4n) is 9.85. The summed E-state index contributed by atoms with van der Waals surface area (Å²) < 4.78 is 68.9. The largest absolute Gasteiger partial charge is 0.501 e. The molecule has 0 aliphatic carbocycles. The minimum atomic E-state index is -2.21. The molecule has 0 N–H and O–H groups in total. The fourth-order valence-corrected chi connectivity index (χ4v) is 9.85. The van der Waals surface area contributed by atoms with E-state index in [-0.39, 0.29) is 25.7 Å². The van der Waals surface area contributed by atoms with Gasteiger partial charge in [0.25, 0.3) is 0 Å². The number of benzene rings is 8. The molecule has 0 saturated heterocycles. The Morgan fingerprint density at radius 2 is 1.39 bits per heavy atom. The quantitative estimate of drug-likeness (QED) is 0.143. The van der Waals surface area contributed by atoms with Crippen LogP contribution in [0.5, 0.6) is 0 Å². The first kappa shape index (κ1) is 40.2. The van der Waals surface area contributed by atoms with Crippen LogP contribution in [0.1, 0.15) is 92.1 Å². The van der Waals surface area contributed by atoms with Crippen molar-refractivity contribution in [3.63, 3.8) is 0 Å². The van der Waals surface area contributed by atoms with Gasteiger partial charge in [-0.25, -0.2) is 0 Å². The molecule has 8 aromatic carbocycles. The van der Waals surface area contributed by atoms with E-state index in [9.17, 15) is 0 Å². The summed E-state index contributed by atoms with van der Waals surface area (Å²) >= 11 is 0. The van der Waals surface area contributed by atoms with Crippen LogP contribution in [0, 0.1) is 24.4 Å². The van der Waals surface area contributed by atoms with E-state index >= 15 is 0 Å². The zero-order valence-corrected chi connectivity index (χ0v) is 43.7. The average molecular weight is 1120 g/mol. The van der Waals surface area contributed by atoms with Crippen molar-refractivity contribution in [1.82, 2.24) is 19.1 Å². The molecule has 0 bridgehead atoms. The molecular formula is C66H58IrN4O-2. The van der Waals surface area contributed by atoms with E-state index in [2.05, 4.69) is 89.5 Å². The first-order valence-corrected chi connectivity index (χ1v) is 24.1. The van der Waals surface area contributed by atoms with E-state index in [0.717, 1.165) is 88.9 Å². The summed E-state index contributed by atoms with van der Waals surface area (Å²) in [6, 6.07) is 63.9. The second-order valence-electron chi connectivity index (χ2n) is 19.6. The van der Waals surface area contributed by atoms with Crippen LogP contribution in [0.15, 0.2) is 187 Å². The molecule has 0 atom stereocenters. The third-order valence-corrected chi connectivity index (χ3v) is 13.0. The maximum Gasteiger partial charge on any atom is 0.121 e. The first-order chi connectivity index (χ1) is 37.0. The third-order valence-electron chi connectivity index (χ3n) is 13.0. The first-order valence-electron chi connectivity index (χ1n) is 27.6. The summed E-state index contributed by atoms with van der Waals surface area (Å²) in [6.07, 6.45) is 0.369. The van der Waals surface area contributed by atoms with Gasteiger partial charge in [-0.1, -0.05) is 163 Å². The fraction of sp³-hybridized carbons (Fsp3) is 0.182. The van der Waals surface area contributed by atoms with E-state index in [1.54, 1.807) is 12.1 Å². The maximum absolute atomic E-state index is 8.83. The Kier molecular flexibility index (Phi) is 11.0. The van der Waals surface area contributed by atoms with E-state index in [0.29, 0.717) is 17.0 Å². The van der Waals surface area contributed by atoms with E-state index in [1.165, 1.54) is 16.8 Å². The molecule has 12 aromatic rings. The van der Waals surface area contributed by atoms with Crippen LogP contribution in [-0.4, -0.2) is 19.1 Å². The van der Waals surface area contributed by atoms with Crippen molar-refractivity contribution in [2.75, 3.05) is 0 Å². The average Bonchev–Trinajstić information content (AvgIpc) is 3.23. The number of hydrogen-bond acceptors (Lipinski definition) is 3. The normalized spacial score (nSPS) is 13.9. The second kappa shape index (κ2) is 19.7. The Morgan fingerprint density at radius 1 is 0.667 bits per heavy atom. The third kappa shape index (κ3) is 8.99. The van der Waals surface area contributed by atoms with Gasteiger partial charge >= 0.3 is 0 Å². The molecule has 4 heterocycles. The van der Waals surface area contributed by atoms with Crippen LogP contribution in [0.2, 0.25) is 0 Å². The Bertz CT molecular complexity index is 4180. The maximum atomic E-state index is 8.83. The van der Waals surface area contributed by atoms with Crippen molar-refractivity contribution in [3.8, 4) is 45.1 Å². The topological polar surface area (TPSA) is 48.8 Å². The summed E-state index contributed by atoms with van der Waals surface area (Å²) in [5.74, 6) is -1.25. The number of furan rings is 1. The number of fused-ring (bicyclic) bond motifs is 8. The number of para-hydroxylation sites is 5. The summed E-state index contributed by atoms with van der Waals surface area (Å²) in [4.78, 5) is 9.61. The van der Waals surface area contributed by atoms with Crippen LogP contribution < -0.4 is 0 Å². The number of aryl methyl sites for hydroxylation is 1. The standard InChI is InChI=1S/C40H31N2O.C26H27N2.Ir/c1-40(2,3)25-26-16-18-27(19-17-26)28-22-23-41-33(24-28)30-13-9-14-32-38-36(43-39(30)32)21-20-35-37(38)31-12-7-8-15-34(31)42(35)29-10-5-4-6-11-29;1-17(2)21-9-8-10-22(18(3)4)25(21)28-24-12-7-6-11-23(24)27-26(28)20-15-13-19(5)14-16-20;/h4-12,14-24H,25H2,1-3H3;6-15,17-18H,1-5H3;/q2*-1;/i25D2;5D3,17D,18D;. The zero-order valence-electron chi connectivity index (χ0n) is 48.4. The molecule has 72 heavy (non-hydrogen) atoms. The van der Waals surface area contributed by atoms with Gasteiger partial charge in [-0.05, 0) is 106 Å². The van der Waals surface area contributed by atoms with Gasteiger partial charge in [-0.15, -0.1) is 53.6 Å². The van der Waals surface area contributed by atoms with Crippen LogP contribution in [0.4, 0.5) is 0 Å². The van der Waals surface area contributed by atoms with Gasteiger partial charge in [0, 0.05) is 63.4 Å². The number of rotatable bonds is 8.